The van der Waals surface area contributed by atoms with Crippen molar-refractivity contribution in [1.82, 2.24) is 10.6 Å². The third-order valence-electron chi connectivity index (χ3n) is 5.13. The molecule has 2 N–H and O–H groups in total. The Kier molecular flexibility index (Phi) is 8.13. The second kappa shape index (κ2) is 11.0. The Balaban J connectivity index is 1.39. The highest BCUT2D eigenvalue weighted by Gasteiger charge is 2.32. The Morgan fingerprint density at radius 1 is 1.20 bits per heavy atom. The second-order valence-electron chi connectivity index (χ2n) is 7.27. The van der Waals surface area contributed by atoms with Gasteiger partial charge in [-0.3, -0.25) is 9.59 Å². The number of benzene rings is 2. The van der Waals surface area contributed by atoms with Crippen LogP contribution in [0.1, 0.15) is 18.9 Å². The van der Waals surface area contributed by atoms with Gasteiger partial charge in [-0.2, -0.15) is 0 Å². The summed E-state index contributed by atoms with van der Waals surface area (Å²) in [5, 5.41) is 5.51. The number of para-hydroxylation sites is 1. The van der Waals surface area contributed by atoms with Gasteiger partial charge in [-0.25, -0.2) is 4.39 Å². The first-order chi connectivity index (χ1) is 14.6. The fourth-order valence-corrected chi connectivity index (χ4v) is 4.62. The van der Waals surface area contributed by atoms with Crippen LogP contribution in [0, 0.1) is 5.82 Å². The van der Waals surface area contributed by atoms with Gasteiger partial charge in [0.25, 0.3) is 0 Å². The molecule has 1 saturated heterocycles. The molecule has 7 heteroatoms. The first-order valence-electron chi connectivity index (χ1n) is 10.3. The molecule has 1 heterocycles. The molecule has 1 fully saturated rings. The average Bonchev–Trinajstić information content (AvgIpc) is 2.77. The summed E-state index contributed by atoms with van der Waals surface area (Å²) < 4.78 is 13.0. The van der Waals surface area contributed by atoms with Gasteiger partial charge in [0.15, 0.2) is 0 Å². The smallest absolute Gasteiger partial charge is 0.243 e. The molecule has 2 aromatic carbocycles. The zero-order valence-electron chi connectivity index (χ0n) is 17.1. The minimum Gasteiger partial charge on any atom is -0.372 e. The normalized spacial score (nSPS) is 18.5. The minimum absolute atomic E-state index is 0.140. The molecule has 160 valence electrons. The van der Waals surface area contributed by atoms with Gasteiger partial charge in [-0.05, 0) is 49.6 Å². The Bertz CT molecular complexity index is 832. The van der Waals surface area contributed by atoms with Crippen LogP contribution in [0.3, 0.4) is 0 Å². The summed E-state index contributed by atoms with van der Waals surface area (Å²) >= 11 is 1.48. The standard InChI is InChI=1S/C23H28FN3O2S/c1-2-27(19-7-4-3-5-8-19)14-6-13-25-22(28)20-16-30-21(23(29)26-20)15-17-9-11-18(24)12-10-17/h3-5,7-12,20-21H,2,6,13-16H2,1H3,(H,25,28)(H,26,29)/t20-,21+/m0/s1. The van der Waals surface area contributed by atoms with Gasteiger partial charge in [-0.15, -0.1) is 11.8 Å². The van der Waals surface area contributed by atoms with Gasteiger partial charge in [0.2, 0.25) is 11.8 Å². The molecule has 2 atom stereocenters. The molecule has 0 unspecified atom stereocenters. The maximum Gasteiger partial charge on any atom is 0.243 e. The summed E-state index contributed by atoms with van der Waals surface area (Å²) in [7, 11) is 0. The molecule has 0 aromatic heterocycles. The van der Waals surface area contributed by atoms with Crippen molar-refractivity contribution < 1.29 is 14.0 Å². The van der Waals surface area contributed by atoms with Gasteiger partial charge >= 0.3 is 0 Å². The fraction of sp³-hybridized carbons (Fsp3) is 0.391. The van der Waals surface area contributed by atoms with E-state index in [-0.39, 0.29) is 22.9 Å². The van der Waals surface area contributed by atoms with Crippen molar-refractivity contribution in [2.45, 2.75) is 31.1 Å². The van der Waals surface area contributed by atoms with Gasteiger partial charge in [0, 0.05) is 31.1 Å². The third-order valence-corrected chi connectivity index (χ3v) is 6.44. The maximum atomic E-state index is 13.0. The van der Waals surface area contributed by atoms with Crippen molar-refractivity contribution in [3.8, 4) is 0 Å². The van der Waals surface area contributed by atoms with Crippen LogP contribution in [0.2, 0.25) is 0 Å². The van der Waals surface area contributed by atoms with Gasteiger partial charge in [0.1, 0.15) is 11.9 Å². The van der Waals surface area contributed by atoms with E-state index in [2.05, 4.69) is 34.6 Å². The molecular formula is C23H28FN3O2S. The second-order valence-corrected chi connectivity index (χ2v) is 8.51. The number of carbonyl (C=O) groups is 2. The molecule has 0 radical (unpaired) electrons. The van der Waals surface area contributed by atoms with Crippen LogP contribution in [0.15, 0.2) is 54.6 Å². The molecule has 0 bridgehead atoms. The number of carbonyl (C=O) groups excluding carboxylic acids is 2. The van der Waals surface area contributed by atoms with E-state index in [0.717, 1.165) is 25.1 Å². The molecule has 0 saturated carbocycles. The summed E-state index contributed by atoms with van der Waals surface area (Å²) in [6.07, 6.45) is 1.35. The summed E-state index contributed by atoms with van der Waals surface area (Å²) in [6, 6.07) is 15.9. The Morgan fingerprint density at radius 3 is 2.60 bits per heavy atom. The van der Waals surface area contributed by atoms with E-state index in [1.54, 1.807) is 12.1 Å². The van der Waals surface area contributed by atoms with Gasteiger partial charge in [-0.1, -0.05) is 30.3 Å². The molecule has 1 aliphatic rings. The molecule has 2 aromatic rings. The summed E-state index contributed by atoms with van der Waals surface area (Å²) in [5.74, 6) is -0.0352. The van der Waals surface area contributed by atoms with Crippen molar-refractivity contribution in [1.29, 1.82) is 0 Å². The molecule has 1 aliphatic heterocycles. The summed E-state index contributed by atoms with van der Waals surface area (Å²) in [4.78, 5) is 27.1. The average molecular weight is 430 g/mol. The molecule has 0 aliphatic carbocycles. The lowest BCUT2D eigenvalue weighted by Crippen LogP contribution is -2.54. The van der Waals surface area contributed by atoms with Crippen molar-refractivity contribution in [3.63, 3.8) is 0 Å². The van der Waals surface area contributed by atoms with Crippen LogP contribution >= 0.6 is 11.8 Å². The molecule has 3 rings (SSSR count). The van der Waals surface area contributed by atoms with E-state index in [0.29, 0.717) is 18.7 Å². The lowest BCUT2D eigenvalue weighted by atomic mass is 10.1. The number of nitrogens with one attached hydrogen (secondary N) is 2. The zero-order chi connectivity index (χ0) is 21.3. The SMILES string of the molecule is CCN(CCCNC(=O)[C@@H]1CS[C@H](Cc2ccc(F)cc2)C(=O)N1)c1ccccc1. The van der Waals surface area contributed by atoms with E-state index < -0.39 is 6.04 Å². The number of nitrogens with zero attached hydrogens (tertiary/aromatic N) is 1. The molecule has 2 amide bonds. The van der Waals surface area contributed by atoms with Crippen LogP contribution in [-0.2, 0) is 16.0 Å². The number of halogens is 1. The van der Waals surface area contributed by atoms with E-state index in [1.807, 2.05) is 18.2 Å². The highest BCUT2D eigenvalue weighted by molar-refractivity contribution is 8.00. The maximum absolute atomic E-state index is 13.0. The lowest BCUT2D eigenvalue weighted by Gasteiger charge is -2.28. The lowest BCUT2D eigenvalue weighted by molar-refractivity contribution is -0.128. The van der Waals surface area contributed by atoms with Crippen molar-refractivity contribution in [2.75, 3.05) is 30.3 Å². The zero-order valence-corrected chi connectivity index (χ0v) is 18.0. The topological polar surface area (TPSA) is 61.4 Å². The fourth-order valence-electron chi connectivity index (χ4n) is 3.44. The van der Waals surface area contributed by atoms with Crippen LogP contribution in [0.25, 0.3) is 0 Å². The molecule has 0 spiro atoms. The minimum atomic E-state index is -0.511. The van der Waals surface area contributed by atoms with Gasteiger partial charge < -0.3 is 15.5 Å². The van der Waals surface area contributed by atoms with Crippen molar-refractivity contribution >= 4 is 29.3 Å². The molecule has 30 heavy (non-hydrogen) atoms. The Labute approximate surface area is 181 Å². The number of hydrogen-bond acceptors (Lipinski definition) is 4. The Morgan fingerprint density at radius 2 is 1.93 bits per heavy atom. The summed E-state index contributed by atoms with van der Waals surface area (Å²) in [5.41, 5.74) is 2.08. The van der Waals surface area contributed by atoms with Gasteiger partial charge in [0.05, 0.1) is 5.25 Å². The van der Waals surface area contributed by atoms with Crippen LogP contribution in [0.4, 0.5) is 10.1 Å². The van der Waals surface area contributed by atoms with Crippen LogP contribution in [-0.4, -0.2) is 48.5 Å². The number of anilines is 1. The van der Waals surface area contributed by atoms with E-state index in [1.165, 1.54) is 29.6 Å². The van der Waals surface area contributed by atoms with Crippen LogP contribution in [0.5, 0.6) is 0 Å². The first-order valence-corrected chi connectivity index (χ1v) is 11.4. The van der Waals surface area contributed by atoms with Crippen LogP contribution < -0.4 is 15.5 Å². The predicted molar refractivity (Wildman–Crippen MR) is 120 cm³/mol. The number of hydrogen-bond donors (Lipinski definition) is 2. The number of amides is 2. The van der Waals surface area contributed by atoms with Crippen molar-refractivity contribution in [2.24, 2.45) is 0 Å². The third kappa shape index (κ3) is 6.23. The quantitative estimate of drug-likeness (QED) is 0.602. The first kappa shape index (κ1) is 22.2. The summed E-state index contributed by atoms with van der Waals surface area (Å²) in [6.45, 7) is 4.44. The van der Waals surface area contributed by atoms with E-state index >= 15 is 0 Å². The van der Waals surface area contributed by atoms with Crippen molar-refractivity contribution in [3.05, 3.63) is 66.0 Å². The largest absolute Gasteiger partial charge is 0.372 e. The highest BCUT2D eigenvalue weighted by Crippen LogP contribution is 2.22. The number of rotatable bonds is 9. The van der Waals surface area contributed by atoms with E-state index in [4.69, 9.17) is 0 Å². The monoisotopic (exact) mass is 429 g/mol. The Hall–Kier alpha value is -2.54. The molecule has 5 nitrogen and oxygen atoms in total. The number of thioether (sulfide) groups is 1. The highest BCUT2D eigenvalue weighted by atomic mass is 32.2. The van der Waals surface area contributed by atoms with E-state index in [9.17, 15) is 14.0 Å². The predicted octanol–water partition coefficient (Wildman–Crippen LogP) is 3.00. The molecular weight excluding hydrogens is 401 g/mol.